The van der Waals surface area contributed by atoms with Gasteiger partial charge in [-0.25, -0.2) is 0 Å². The number of benzene rings is 1. The number of phenolic OH excluding ortho intramolecular Hbond substituents is 1. The Kier molecular flexibility index (Phi) is 4.73. The molecule has 1 N–H and O–H groups in total. The topological polar surface area (TPSA) is 42.4 Å². The number of hydrogen-bond acceptors (Lipinski definition) is 3. The molecule has 0 saturated carbocycles. The molecule has 1 heterocycles. The van der Waals surface area contributed by atoms with E-state index in [1.165, 1.54) is 7.11 Å². The molecule has 0 spiro atoms. The van der Waals surface area contributed by atoms with Gasteiger partial charge in [-0.05, 0) is 24.3 Å². The summed E-state index contributed by atoms with van der Waals surface area (Å²) >= 11 is 0. The van der Waals surface area contributed by atoms with Crippen LogP contribution in [-0.2, 0) is 0 Å². The maximum absolute atomic E-state index is 8.99. The van der Waals surface area contributed by atoms with Crippen LogP contribution in [0.25, 0.3) is 0 Å². The monoisotopic (exact) mass is 203 g/mol. The zero-order valence-corrected chi connectivity index (χ0v) is 8.50. The predicted molar refractivity (Wildman–Crippen MR) is 58.9 cm³/mol. The highest BCUT2D eigenvalue weighted by Gasteiger charge is 1.94. The molecule has 3 heteroatoms. The third kappa shape index (κ3) is 4.13. The summed E-state index contributed by atoms with van der Waals surface area (Å²) in [5.74, 6) is 0.692. The van der Waals surface area contributed by atoms with E-state index in [0.29, 0.717) is 5.75 Å². The number of ether oxygens (including phenoxy) is 1. The number of para-hydroxylation sites is 2. The van der Waals surface area contributed by atoms with Crippen LogP contribution in [0.1, 0.15) is 0 Å². The first-order valence-electron chi connectivity index (χ1n) is 4.51. The van der Waals surface area contributed by atoms with Gasteiger partial charge in [0.25, 0.3) is 0 Å². The molecule has 0 atom stereocenters. The molecule has 0 bridgehead atoms. The van der Waals surface area contributed by atoms with Crippen LogP contribution >= 0.6 is 0 Å². The molecule has 1 aromatic carbocycles. The number of hydrogen-bond donors (Lipinski definition) is 1. The van der Waals surface area contributed by atoms with Gasteiger partial charge < -0.3 is 9.84 Å². The fourth-order valence-corrected chi connectivity index (χ4v) is 0.942. The molecule has 0 amide bonds. The minimum absolute atomic E-state index is 0.181. The number of pyridine rings is 1. The second-order valence-electron chi connectivity index (χ2n) is 2.70. The molecule has 0 unspecified atom stereocenters. The van der Waals surface area contributed by atoms with Crippen LogP contribution in [0.2, 0.25) is 0 Å². The Balaban J connectivity index is 0.000000162. The molecular weight excluding hydrogens is 190 g/mol. The van der Waals surface area contributed by atoms with Gasteiger partial charge in [-0.2, -0.15) is 0 Å². The lowest BCUT2D eigenvalue weighted by Gasteiger charge is -1.99. The summed E-state index contributed by atoms with van der Waals surface area (Å²) in [5, 5.41) is 8.99. The summed E-state index contributed by atoms with van der Waals surface area (Å²) in [7, 11) is 1.52. The van der Waals surface area contributed by atoms with Crippen LogP contribution in [0, 0.1) is 0 Å². The molecule has 0 fully saturated rings. The molecule has 0 aliphatic carbocycles. The predicted octanol–water partition coefficient (Wildman–Crippen LogP) is 2.48. The van der Waals surface area contributed by atoms with Crippen molar-refractivity contribution in [2.24, 2.45) is 0 Å². The quantitative estimate of drug-likeness (QED) is 0.774. The van der Waals surface area contributed by atoms with E-state index in [0.717, 1.165) is 0 Å². The van der Waals surface area contributed by atoms with Crippen molar-refractivity contribution in [1.29, 1.82) is 0 Å². The lowest BCUT2D eigenvalue weighted by molar-refractivity contribution is 0.373. The van der Waals surface area contributed by atoms with Crippen LogP contribution in [0.5, 0.6) is 11.5 Å². The van der Waals surface area contributed by atoms with Crippen molar-refractivity contribution in [2.75, 3.05) is 7.11 Å². The second kappa shape index (κ2) is 6.43. The van der Waals surface area contributed by atoms with E-state index in [2.05, 4.69) is 4.98 Å². The number of aromatic hydroxyl groups is 1. The molecule has 1 aromatic heterocycles. The number of methoxy groups -OCH3 is 1. The van der Waals surface area contributed by atoms with E-state index in [4.69, 9.17) is 9.84 Å². The van der Waals surface area contributed by atoms with Gasteiger partial charge in [-0.1, -0.05) is 18.2 Å². The second-order valence-corrected chi connectivity index (χ2v) is 2.70. The van der Waals surface area contributed by atoms with Crippen molar-refractivity contribution in [1.82, 2.24) is 4.98 Å². The summed E-state index contributed by atoms with van der Waals surface area (Å²) in [6.45, 7) is 0. The van der Waals surface area contributed by atoms with Gasteiger partial charge in [-0.3, -0.25) is 4.98 Å². The molecule has 0 saturated heterocycles. The van der Waals surface area contributed by atoms with E-state index >= 15 is 0 Å². The third-order valence-corrected chi connectivity index (χ3v) is 1.65. The molecule has 3 nitrogen and oxygen atoms in total. The largest absolute Gasteiger partial charge is 0.504 e. The Labute approximate surface area is 89.0 Å². The number of aromatic nitrogens is 1. The first-order chi connectivity index (χ1) is 7.34. The highest BCUT2D eigenvalue weighted by atomic mass is 16.5. The first kappa shape index (κ1) is 11.0. The van der Waals surface area contributed by atoms with Crippen LogP contribution in [0.15, 0.2) is 54.9 Å². The van der Waals surface area contributed by atoms with Crippen LogP contribution < -0.4 is 4.74 Å². The van der Waals surface area contributed by atoms with Crippen molar-refractivity contribution in [3.8, 4) is 11.5 Å². The molecule has 0 aliphatic rings. The Bertz CT molecular complexity index is 350. The highest BCUT2D eigenvalue weighted by molar-refractivity contribution is 5.37. The smallest absolute Gasteiger partial charge is 0.160 e. The molecular formula is C12H13NO2. The maximum Gasteiger partial charge on any atom is 0.160 e. The first-order valence-corrected chi connectivity index (χ1v) is 4.51. The van der Waals surface area contributed by atoms with Gasteiger partial charge in [0.1, 0.15) is 0 Å². The van der Waals surface area contributed by atoms with E-state index in [-0.39, 0.29) is 5.75 Å². The lowest BCUT2D eigenvalue weighted by Crippen LogP contribution is -1.80. The summed E-state index contributed by atoms with van der Waals surface area (Å²) in [4.78, 5) is 3.78. The van der Waals surface area contributed by atoms with Crippen molar-refractivity contribution >= 4 is 0 Å². The van der Waals surface area contributed by atoms with Gasteiger partial charge in [-0.15, -0.1) is 0 Å². The zero-order chi connectivity index (χ0) is 10.9. The fourth-order valence-electron chi connectivity index (χ4n) is 0.942. The SMILES string of the molecule is COc1ccccc1O.c1ccncc1. The third-order valence-electron chi connectivity index (χ3n) is 1.65. The maximum atomic E-state index is 8.99. The Morgan fingerprint density at radius 2 is 1.67 bits per heavy atom. The van der Waals surface area contributed by atoms with Gasteiger partial charge in [0, 0.05) is 12.4 Å². The van der Waals surface area contributed by atoms with Crippen molar-refractivity contribution in [3.63, 3.8) is 0 Å². The van der Waals surface area contributed by atoms with Crippen LogP contribution in [0.4, 0.5) is 0 Å². The highest BCUT2D eigenvalue weighted by Crippen LogP contribution is 2.22. The Morgan fingerprint density at radius 1 is 1.00 bits per heavy atom. The summed E-state index contributed by atoms with van der Waals surface area (Å²) in [5.41, 5.74) is 0. The molecule has 0 aliphatic heterocycles. The van der Waals surface area contributed by atoms with Gasteiger partial charge in [0.15, 0.2) is 11.5 Å². The molecule has 15 heavy (non-hydrogen) atoms. The van der Waals surface area contributed by atoms with Gasteiger partial charge >= 0.3 is 0 Å². The van der Waals surface area contributed by atoms with Crippen molar-refractivity contribution in [2.45, 2.75) is 0 Å². The summed E-state index contributed by atoms with van der Waals surface area (Å²) < 4.78 is 4.79. The molecule has 0 radical (unpaired) electrons. The average Bonchev–Trinajstić information content (AvgIpc) is 2.33. The van der Waals surface area contributed by atoms with Gasteiger partial charge in [0.05, 0.1) is 7.11 Å². The number of rotatable bonds is 1. The van der Waals surface area contributed by atoms with E-state index in [9.17, 15) is 0 Å². The summed E-state index contributed by atoms with van der Waals surface area (Å²) in [6.07, 6.45) is 3.50. The van der Waals surface area contributed by atoms with E-state index in [1.807, 2.05) is 18.2 Å². The Hall–Kier alpha value is -2.03. The number of phenols is 1. The van der Waals surface area contributed by atoms with Crippen molar-refractivity contribution in [3.05, 3.63) is 54.9 Å². The zero-order valence-electron chi connectivity index (χ0n) is 8.50. The lowest BCUT2D eigenvalue weighted by atomic mass is 10.3. The fraction of sp³-hybridized carbons (Fsp3) is 0.0833. The van der Waals surface area contributed by atoms with E-state index < -0.39 is 0 Å². The van der Waals surface area contributed by atoms with E-state index in [1.54, 1.807) is 36.7 Å². The molecule has 2 aromatic rings. The van der Waals surface area contributed by atoms with Crippen LogP contribution in [0.3, 0.4) is 0 Å². The minimum Gasteiger partial charge on any atom is -0.504 e. The normalized spacial score (nSPS) is 8.60. The van der Waals surface area contributed by atoms with Crippen molar-refractivity contribution < 1.29 is 9.84 Å². The minimum atomic E-state index is 0.181. The van der Waals surface area contributed by atoms with Gasteiger partial charge in [0.2, 0.25) is 0 Å². The molecule has 78 valence electrons. The Morgan fingerprint density at radius 3 is 2.00 bits per heavy atom. The number of nitrogens with zero attached hydrogens (tertiary/aromatic N) is 1. The standard InChI is InChI=1S/C7H8O2.C5H5N/c1-9-7-5-3-2-4-6(7)8;1-2-4-6-5-3-1/h2-5,8H,1H3;1-5H. The van der Waals surface area contributed by atoms with Crippen LogP contribution in [-0.4, -0.2) is 17.2 Å². The summed E-state index contributed by atoms with van der Waals surface area (Å²) in [6, 6.07) is 12.6. The average molecular weight is 203 g/mol. The molecule has 2 rings (SSSR count).